The van der Waals surface area contributed by atoms with Gasteiger partial charge in [0, 0.05) is 23.7 Å². The van der Waals surface area contributed by atoms with Crippen LogP contribution in [-0.4, -0.2) is 30.4 Å². The van der Waals surface area contributed by atoms with Crippen molar-refractivity contribution in [2.75, 3.05) is 13.1 Å². The average Bonchev–Trinajstić information content (AvgIpc) is 2.52. The first kappa shape index (κ1) is 18.8. The molecule has 0 amide bonds. The first-order valence-corrected chi connectivity index (χ1v) is 8.19. The van der Waals surface area contributed by atoms with Gasteiger partial charge in [-0.05, 0) is 36.6 Å². The molecule has 0 fully saturated rings. The number of aromatic nitrogens is 1. The van der Waals surface area contributed by atoms with E-state index in [-0.39, 0.29) is 23.1 Å². The van der Waals surface area contributed by atoms with E-state index in [4.69, 9.17) is 16.3 Å². The van der Waals surface area contributed by atoms with Crippen molar-refractivity contribution in [2.45, 2.75) is 25.1 Å². The van der Waals surface area contributed by atoms with E-state index in [0.717, 1.165) is 12.1 Å². The number of pyridine rings is 1. The molecule has 2 heterocycles. The quantitative estimate of drug-likeness (QED) is 0.613. The molecule has 9 heteroatoms. The molecule has 140 valence electrons. The van der Waals surface area contributed by atoms with E-state index in [9.17, 15) is 22.0 Å². The minimum absolute atomic E-state index is 0.00656. The third-order valence-corrected chi connectivity index (χ3v) is 4.16. The van der Waals surface area contributed by atoms with Crippen molar-refractivity contribution in [3.63, 3.8) is 0 Å². The Kier molecular flexibility index (Phi) is 5.34. The number of hydrogen-bond acceptors (Lipinski definition) is 3. The predicted octanol–water partition coefficient (Wildman–Crippen LogP) is 4.53. The summed E-state index contributed by atoms with van der Waals surface area (Å²) in [6.07, 6.45) is -3.97. The Morgan fingerprint density at radius 2 is 1.96 bits per heavy atom. The Labute approximate surface area is 151 Å². The molecular formula is C17H14ClF5N2O. The van der Waals surface area contributed by atoms with Gasteiger partial charge in [0.2, 0.25) is 5.88 Å². The van der Waals surface area contributed by atoms with Crippen molar-refractivity contribution < 1.29 is 26.7 Å². The monoisotopic (exact) mass is 392 g/mol. The Morgan fingerprint density at radius 1 is 1.19 bits per heavy atom. The summed E-state index contributed by atoms with van der Waals surface area (Å²) in [5.74, 6) is -1.29. The Hall–Kier alpha value is -1.93. The number of rotatable bonds is 4. The molecule has 0 radical (unpaired) electrons. The lowest BCUT2D eigenvalue weighted by Gasteiger charge is -2.27. The smallest absolute Gasteiger partial charge is 0.401 e. The van der Waals surface area contributed by atoms with Crippen molar-refractivity contribution in [3.05, 3.63) is 46.6 Å². The zero-order chi connectivity index (χ0) is 18.9. The van der Waals surface area contributed by atoms with Gasteiger partial charge in [-0.15, -0.1) is 0 Å². The standard InChI is InChI=1S/C17H14ClF5N2O/c18-15-6-13(11-3-1-9(19)5-14(11)20)12-4-2-10(26-16(12)25-15)7-24-8-17(21,22)23/h1,3,5-6,10,24H,2,4,7-8H2. The minimum Gasteiger partial charge on any atom is -0.473 e. The molecule has 0 spiro atoms. The number of nitrogens with zero attached hydrogens (tertiary/aromatic N) is 1. The maximum atomic E-state index is 14.1. The lowest BCUT2D eigenvalue weighted by Crippen LogP contribution is -2.38. The number of hydrogen-bond donors (Lipinski definition) is 1. The summed E-state index contributed by atoms with van der Waals surface area (Å²) in [5, 5.41) is 2.34. The highest BCUT2D eigenvalue weighted by Crippen LogP contribution is 2.37. The van der Waals surface area contributed by atoms with Crippen LogP contribution in [0.1, 0.15) is 12.0 Å². The normalized spacial score (nSPS) is 16.9. The largest absolute Gasteiger partial charge is 0.473 e. The maximum Gasteiger partial charge on any atom is 0.401 e. The van der Waals surface area contributed by atoms with Crippen LogP contribution in [0, 0.1) is 11.6 Å². The zero-order valence-corrected chi connectivity index (χ0v) is 14.1. The van der Waals surface area contributed by atoms with Crippen LogP contribution in [0.15, 0.2) is 24.3 Å². The van der Waals surface area contributed by atoms with Gasteiger partial charge in [-0.25, -0.2) is 13.8 Å². The lowest BCUT2D eigenvalue weighted by molar-refractivity contribution is -0.125. The van der Waals surface area contributed by atoms with Crippen molar-refractivity contribution in [2.24, 2.45) is 0 Å². The Morgan fingerprint density at radius 3 is 2.65 bits per heavy atom. The molecule has 3 rings (SSSR count). The van der Waals surface area contributed by atoms with Crippen molar-refractivity contribution in [1.29, 1.82) is 0 Å². The molecule has 1 atom stereocenters. The number of fused-ring (bicyclic) bond motifs is 1. The first-order chi connectivity index (χ1) is 12.2. The van der Waals surface area contributed by atoms with Crippen LogP contribution >= 0.6 is 11.6 Å². The second-order valence-electron chi connectivity index (χ2n) is 5.93. The maximum absolute atomic E-state index is 14.1. The zero-order valence-electron chi connectivity index (χ0n) is 13.3. The molecule has 1 aromatic heterocycles. The highest BCUT2D eigenvalue weighted by Gasteiger charge is 2.29. The number of nitrogens with one attached hydrogen (secondary N) is 1. The van der Waals surface area contributed by atoms with Crippen LogP contribution in [-0.2, 0) is 6.42 Å². The Bertz CT molecular complexity index is 812. The first-order valence-electron chi connectivity index (χ1n) is 7.82. The van der Waals surface area contributed by atoms with Gasteiger partial charge in [0.25, 0.3) is 0 Å². The second-order valence-corrected chi connectivity index (χ2v) is 6.31. The molecule has 1 aliphatic rings. The van der Waals surface area contributed by atoms with Gasteiger partial charge in [0.1, 0.15) is 22.9 Å². The van der Waals surface area contributed by atoms with Gasteiger partial charge in [0.05, 0.1) is 6.54 Å². The molecule has 3 nitrogen and oxygen atoms in total. The van der Waals surface area contributed by atoms with Crippen molar-refractivity contribution in [1.82, 2.24) is 10.3 Å². The van der Waals surface area contributed by atoms with Gasteiger partial charge < -0.3 is 10.1 Å². The average molecular weight is 393 g/mol. The highest BCUT2D eigenvalue weighted by atomic mass is 35.5. The van der Waals surface area contributed by atoms with Crippen LogP contribution in [0.25, 0.3) is 11.1 Å². The fourth-order valence-corrected chi connectivity index (χ4v) is 3.03. The van der Waals surface area contributed by atoms with Crippen LogP contribution in [0.3, 0.4) is 0 Å². The number of halogens is 6. The SMILES string of the molecule is Fc1ccc(-c2cc(Cl)nc3c2CCC(CNCC(F)(F)F)O3)c(F)c1. The third kappa shape index (κ3) is 4.42. The van der Waals surface area contributed by atoms with Gasteiger partial charge in [-0.2, -0.15) is 13.2 Å². The molecule has 0 saturated heterocycles. The van der Waals surface area contributed by atoms with E-state index >= 15 is 0 Å². The fourth-order valence-electron chi connectivity index (χ4n) is 2.85. The lowest BCUT2D eigenvalue weighted by atomic mass is 9.95. The van der Waals surface area contributed by atoms with Crippen molar-refractivity contribution in [3.8, 4) is 17.0 Å². The van der Waals surface area contributed by atoms with E-state index < -0.39 is 30.5 Å². The fraction of sp³-hybridized carbons (Fsp3) is 0.353. The summed E-state index contributed by atoms with van der Waals surface area (Å²) in [5.41, 5.74) is 1.18. The summed E-state index contributed by atoms with van der Waals surface area (Å²) < 4.78 is 69.5. The van der Waals surface area contributed by atoms with Gasteiger partial charge in [0.15, 0.2) is 0 Å². The number of ether oxygens (including phenoxy) is 1. The predicted molar refractivity (Wildman–Crippen MR) is 86.3 cm³/mol. The molecule has 0 bridgehead atoms. The van der Waals surface area contributed by atoms with Crippen LogP contribution in [0.4, 0.5) is 22.0 Å². The van der Waals surface area contributed by atoms with Crippen molar-refractivity contribution >= 4 is 11.6 Å². The molecule has 1 N–H and O–H groups in total. The van der Waals surface area contributed by atoms with E-state index in [2.05, 4.69) is 10.3 Å². The topological polar surface area (TPSA) is 34.2 Å². The van der Waals surface area contributed by atoms with Gasteiger partial charge >= 0.3 is 6.18 Å². The Balaban J connectivity index is 1.83. The molecule has 0 aliphatic carbocycles. The molecule has 2 aromatic rings. The number of alkyl halides is 3. The third-order valence-electron chi connectivity index (χ3n) is 3.97. The molecule has 26 heavy (non-hydrogen) atoms. The summed E-state index contributed by atoms with van der Waals surface area (Å²) in [6.45, 7) is -1.12. The van der Waals surface area contributed by atoms with E-state index in [1.807, 2.05) is 0 Å². The van der Waals surface area contributed by atoms with Crippen LogP contribution in [0.5, 0.6) is 5.88 Å². The summed E-state index contributed by atoms with van der Waals surface area (Å²) in [4.78, 5) is 4.05. The van der Waals surface area contributed by atoms with E-state index in [1.54, 1.807) is 0 Å². The van der Waals surface area contributed by atoms with Crippen LogP contribution < -0.4 is 10.1 Å². The summed E-state index contributed by atoms with van der Waals surface area (Å²) >= 11 is 5.98. The minimum atomic E-state index is -4.30. The molecule has 1 aromatic carbocycles. The van der Waals surface area contributed by atoms with E-state index in [1.165, 1.54) is 12.1 Å². The summed E-state index contributed by atoms with van der Waals surface area (Å²) in [7, 11) is 0. The van der Waals surface area contributed by atoms with Gasteiger partial charge in [-0.1, -0.05) is 11.6 Å². The summed E-state index contributed by atoms with van der Waals surface area (Å²) in [6, 6.07) is 4.66. The molecule has 1 unspecified atom stereocenters. The molecule has 1 aliphatic heterocycles. The van der Waals surface area contributed by atoms with Crippen LogP contribution in [0.2, 0.25) is 5.15 Å². The molecule has 0 saturated carbocycles. The highest BCUT2D eigenvalue weighted by molar-refractivity contribution is 6.29. The van der Waals surface area contributed by atoms with Gasteiger partial charge in [-0.3, -0.25) is 0 Å². The second kappa shape index (κ2) is 7.36. The number of benzene rings is 1. The molecular weight excluding hydrogens is 379 g/mol. The van der Waals surface area contributed by atoms with E-state index in [0.29, 0.717) is 24.0 Å².